The number of nitriles is 2. The summed E-state index contributed by atoms with van der Waals surface area (Å²) in [6.45, 7) is 1.57. The average Bonchev–Trinajstić information content (AvgIpc) is 3.59. The van der Waals surface area contributed by atoms with Crippen LogP contribution in [-0.4, -0.2) is 61.8 Å². The van der Waals surface area contributed by atoms with Crippen LogP contribution in [0.5, 0.6) is 0 Å². The molecule has 2 fully saturated rings. The largest absolute Gasteiger partial charge is 0.442 e. The van der Waals surface area contributed by atoms with Crippen molar-refractivity contribution in [1.82, 2.24) is 30.0 Å². The zero-order valence-electron chi connectivity index (χ0n) is 18.0. The minimum Gasteiger partial charge on any atom is -0.442 e. The van der Waals surface area contributed by atoms with Crippen molar-refractivity contribution in [3.63, 3.8) is 0 Å². The lowest BCUT2D eigenvalue weighted by atomic mass is 10.0. The maximum absolute atomic E-state index is 15.1. The summed E-state index contributed by atoms with van der Waals surface area (Å²) in [5.74, 6) is -0.436. The Kier molecular flexibility index (Phi) is 5.51. The maximum Gasteiger partial charge on any atom is 0.414 e. The van der Waals surface area contributed by atoms with Gasteiger partial charge in [0.25, 0.3) is 0 Å². The van der Waals surface area contributed by atoms with Crippen molar-refractivity contribution in [2.45, 2.75) is 31.5 Å². The fraction of sp³-hybridized carbons (Fsp3) is 0.381. The highest BCUT2D eigenvalue weighted by Crippen LogP contribution is 2.32. The van der Waals surface area contributed by atoms with Crippen molar-refractivity contribution < 1.29 is 13.9 Å². The minimum atomic E-state index is -0.585. The van der Waals surface area contributed by atoms with Crippen LogP contribution in [0.1, 0.15) is 30.3 Å². The first-order valence-electron chi connectivity index (χ1n) is 10.7. The van der Waals surface area contributed by atoms with E-state index >= 15 is 4.39 Å². The van der Waals surface area contributed by atoms with Crippen LogP contribution < -0.4 is 9.80 Å². The van der Waals surface area contributed by atoms with Gasteiger partial charge in [-0.15, -0.1) is 10.2 Å². The first-order chi connectivity index (χ1) is 16.6. The number of cyclic esters (lactones) is 1. The standard InChI is InChI=1S/C21H19FN10O2/c22-19-7-15(30-12-18(34-21(30)33)13-31-16(8-23)10-25-27-31)1-2-20(19)29-5-3-14(4-6-29)32-17(9-24)11-26-28-32/h1-2,7,10-11,14,18H,3-6,12-13H2/t18-/m1/s1. The number of hydrogen-bond acceptors (Lipinski definition) is 9. The van der Waals surface area contributed by atoms with Crippen molar-refractivity contribution in [2.24, 2.45) is 0 Å². The van der Waals surface area contributed by atoms with Crippen LogP contribution in [0.15, 0.2) is 30.6 Å². The molecule has 0 saturated carbocycles. The van der Waals surface area contributed by atoms with Gasteiger partial charge in [-0.1, -0.05) is 10.4 Å². The van der Waals surface area contributed by atoms with Gasteiger partial charge in [-0.2, -0.15) is 10.5 Å². The minimum absolute atomic E-state index is 0.0403. The lowest BCUT2D eigenvalue weighted by Crippen LogP contribution is -2.36. The molecule has 172 valence electrons. The predicted octanol–water partition coefficient (Wildman–Crippen LogP) is 1.62. The van der Waals surface area contributed by atoms with E-state index in [1.807, 2.05) is 11.0 Å². The van der Waals surface area contributed by atoms with Gasteiger partial charge in [-0.3, -0.25) is 4.90 Å². The predicted molar refractivity (Wildman–Crippen MR) is 114 cm³/mol. The number of amides is 1. The van der Waals surface area contributed by atoms with Gasteiger partial charge < -0.3 is 9.64 Å². The number of benzene rings is 1. The number of halogens is 1. The monoisotopic (exact) mass is 462 g/mol. The SMILES string of the molecule is N#Cc1cnnn1C[C@H]1CN(c2ccc(N3CCC(n4nncc4C#N)CC3)c(F)c2)C(=O)O1. The van der Waals surface area contributed by atoms with Crippen molar-refractivity contribution in [1.29, 1.82) is 10.5 Å². The summed E-state index contributed by atoms with van der Waals surface area (Å²) in [6, 6.07) is 8.77. The molecule has 1 aromatic carbocycles. The van der Waals surface area contributed by atoms with Gasteiger partial charge in [0.05, 0.1) is 42.9 Å². The molecule has 2 aromatic heterocycles. The molecule has 0 bridgehead atoms. The van der Waals surface area contributed by atoms with Gasteiger partial charge in [0.1, 0.15) is 24.1 Å². The second-order valence-corrected chi connectivity index (χ2v) is 8.06. The highest BCUT2D eigenvalue weighted by atomic mass is 19.1. The third-order valence-electron chi connectivity index (χ3n) is 6.07. The van der Waals surface area contributed by atoms with Gasteiger partial charge in [0, 0.05) is 13.1 Å². The Hall–Kier alpha value is -4.52. The molecule has 0 aliphatic carbocycles. The number of carbonyl (C=O) groups is 1. The van der Waals surface area contributed by atoms with Crippen LogP contribution in [-0.2, 0) is 11.3 Å². The van der Waals surface area contributed by atoms with E-state index in [-0.39, 0.29) is 24.8 Å². The number of rotatable bonds is 5. The summed E-state index contributed by atoms with van der Waals surface area (Å²) in [5, 5.41) is 33.6. The highest BCUT2D eigenvalue weighted by molar-refractivity contribution is 5.90. The van der Waals surface area contributed by atoms with Crippen LogP contribution >= 0.6 is 0 Å². The molecule has 0 radical (unpaired) electrons. The summed E-state index contributed by atoms with van der Waals surface area (Å²) >= 11 is 0. The van der Waals surface area contributed by atoms with Crippen molar-refractivity contribution >= 4 is 17.5 Å². The van der Waals surface area contributed by atoms with Crippen molar-refractivity contribution in [3.05, 3.63) is 47.8 Å². The summed E-state index contributed by atoms with van der Waals surface area (Å²) in [6.07, 6.45) is 3.04. The molecular formula is C21H19FN10O2. The molecule has 2 aliphatic heterocycles. The number of carbonyl (C=O) groups excluding carboxylic acids is 1. The Morgan fingerprint density at radius 1 is 1.09 bits per heavy atom. The molecule has 0 spiro atoms. The van der Waals surface area contributed by atoms with Gasteiger partial charge in [0.15, 0.2) is 11.4 Å². The summed E-state index contributed by atoms with van der Waals surface area (Å²) in [5.41, 5.74) is 1.52. The quantitative estimate of drug-likeness (QED) is 0.553. The second-order valence-electron chi connectivity index (χ2n) is 8.06. The number of aromatic nitrogens is 6. The second kappa shape index (κ2) is 8.78. The Morgan fingerprint density at radius 2 is 1.82 bits per heavy atom. The van der Waals surface area contributed by atoms with E-state index in [1.54, 1.807) is 16.8 Å². The first-order valence-corrected chi connectivity index (χ1v) is 10.7. The van der Waals surface area contributed by atoms with Crippen LogP contribution in [0.2, 0.25) is 0 Å². The first kappa shape index (κ1) is 21.3. The van der Waals surface area contributed by atoms with Gasteiger partial charge in [-0.25, -0.2) is 18.5 Å². The normalized spacial score (nSPS) is 18.6. The number of hydrogen-bond donors (Lipinski definition) is 0. The average molecular weight is 462 g/mol. The third kappa shape index (κ3) is 3.88. The smallest absolute Gasteiger partial charge is 0.414 e. The van der Waals surface area contributed by atoms with E-state index in [4.69, 9.17) is 10.00 Å². The van der Waals surface area contributed by atoms with Gasteiger partial charge in [-0.05, 0) is 31.0 Å². The molecule has 0 unspecified atom stereocenters. The van der Waals surface area contributed by atoms with Crippen LogP contribution in [0.4, 0.5) is 20.6 Å². The van der Waals surface area contributed by atoms with Crippen LogP contribution in [0, 0.1) is 28.5 Å². The summed E-state index contributed by atoms with van der Waals surface area (Å²) < 4.78 is 23.4. The molecule has 0 N–H and O–H groups in total. The zero-order valence-corrected chi connectivity index (χ0v) is 18.0. The van der Waals surface area contributed by atoms with E-state index < -0.39 is 18.0 Å². The van der Waals surface area contributed by atoms with E-state index in [1.165, 1.54) is 28.0 Å². The Balaban J connectivity index is 1.24. The van der Waals surface area contributed by atoms with Gasteiger partial charge in [0.2, 0.25) is 0 Å². The molecule has 12 nitrogen and oxygen atoms in total. The molecule has 4 heterocycles. The van der Waals surface area contributed by atoms with Crippen molar-refractivity contribution in [2.75, 3.05) is 29.4 Å². The number of piperidine rings is 1. The Bertz CT molecular complexity index is 1300. The summed E-state index contributed by atoms with van der Waals surface area (Å²) in [7, 11) is 0. The van der Waals surface area contributed by atoms with E-state index in [9.17, 15) is 10.1 Å². The molecule has 2 aliphatic rings. The fourth-order valence-electron chi connectivity index (χ4n) is 4.36. The molecule has 13 heteroatoms. The van der Waals surface area contributed by atoms with Crippen molar-refractivity contribution in [3.8, 4) is 12.1 Å². The molecule has 5 rings (SSSR count). The van der Waals surface area contributed by atoms with Crippen LogP contribution in [0.25, 0.3) is 0 Å². The summed E-state index contributed by atoms with van der Waals surface area (Å²) in [4.78, 5) is 15.7. The van der Waals surface area contributed by atoms with E-state index in [0.717, 1.165) is 0 Å². The van der Waals surface area contributed by atoms with E-state index in [2.05, 4.69) is 26.7 Å². The highest BCUT2D eigenvalue weighted by Gasteiger charge is 2.34. The number of ether oxygens (including phenoxy) is 1. The fourth-order valence-corrected chi connectivity index (χ4v) is 4.36. The molecule has 1 atom stereocenters. The van der Waals surface area contributed by atoms with Gasteiger partial charge >= 0.3 is 6.09 Å². The lowest BCUT2D eigenvalue weighted by Gasteiger charge is -2.34. The molecule has 1 amide bonds. The third-order valence-corrected chi connectivity index (χ3v) is 6.07. The molecule has 34 heavy (non-hydrogen) atoms. The Morgan fingerprint density at radius 3 is 2.56 bits per heavy atom. The Labute approximate surface area is 193 Å². The molecular weight excluding hydrogens is 443 g/mol. The van der Waals surface area contributed by atoms with Crippen LogP contribution in [0.3, 0.4) is 0 Å². The lowest BCUT2D eigenvalue weighted by molar-refractivity contribution is 0.129. The molecule has 3 aromatic rings. The number of nitrogens with zero attached hydrogens (tertiary/aromatic N) is 10. The maximum atomic E-state index is 15.1. The van der Waals surface area contributed by atoms with E-state index in [0.29, 0.717) is 43.0 Å². The zero-order chi connectivity index (χ0) is 23.7. The molecule has 2 saturated heterocycles. The topological polar surface area (TPSA) is 142 Å². The number of anilines is 2.